The average molecular weight is 475 g/mol. The number of rotatable bonds is 7. The molecule has 0 bridgehead atoms. The third kappa shape index (κ3) is 4.53. The molecule has 34 heavy (non-hydrogen) atoms. The first-order valence-corrected chi connectivity index (χ1v) is 13.6. The van der Waals surface area contributed by atoms with E-state index in [-0.39, 0.29) is 16.8 Å². The van der Waals surface area contributed by atoms with Gasteiger partial charge in [0.1, 0.15) is 0 Å². The Kier molecular flexibility index (Phi) is 7.40. The molecule has 1 fully saturated rings. The minimum Gasteiger partial charge on any atom is -0.466 e. The van der Waals surface area contributed by atoms with Crippen LogP contribution >= 0.6 is 0 Å². The molecule has 192 valence electrons. The van der Waals surface area contributed by atoms with Crippen LogP contribution in [0, 0.1) is 34.5 Å². The van der Waals surface area contributed by atoms with E-state index in [1.165, 1.54) is 23.6 Å². The summed E-state index contributed by atoms with van der Waals surface area (Å²) in [6.07, 6.45) is 9.00. The number of esters is 1. The molecule has 0 saturated heterocycles. The van der Waals surface area contributed by atoms with Crippen molar-refractivity contribution in [1.82, 2.24) is 0 Å². The van der Waals surface area contributed by atoms with E-state index in [0.717, 1.165) is 44.9 Å². The number of fused-ring (bicyclic) bond motifs is 4. The molecule has 0 heterocycles. The quantitative estimate of drug-likeness (QED) is 0.455. The number of aliphatic hydroxyl groups excluding tert-OH is 3. The van der Waals surface area contributed by atoms with Gasteiger partial charge >= 0.3 is 5.97 Å². The zero-order chi connectivity index (χ0) is 24.8. The predicted molar refractivity (Wildman–Crippen MR) is 133 cm³/mol. The van der Waals surface area contributed by atoms with Crippen molar-refractivity contribution < 1.29 is 24.9 Å². The number of hydrogen-bond donors (Lipinski definition) is 3. The van der Waals surface area contributed by atoms with Crippen LogP contribution in [0.1, 0.15) is 92.4 Å². The summed E-state index contributed by atoms with van der Waals surface area (Å²) in [4.78, 5) is 11.1. The maximum atomic E-state index is 11.6. The topological polar surface area (TPSA) is 87.0 Å². The molecule has 2 unspecified atom stereocenters. The highest BCUT2D eigenvalue weighted by atomic mass is 16.5. The van der Waals surface area contributed by atoms with Crippen molar-refractivity contribution in [2.75, 3.05) is 6.61 Å². The Labute approximate surface area is 205 Å². The number of aliphatic hydroxyl groups is 3. The summed E-state index contributed by atoms with van der Waals surface area (Å²) in [5.74, 6) is 1.60. The van der Waals surface area contributed by atoms with E-state index in [1.54, 1.807) is 0 Å². The summed E-state index contributed by atoms with van der Waals surface area (Å²) in [6.45, 7) is 11.1. The Morgan fingerprint density at radius 1 is 1.12 bits per heavy atom. The van der Waals surface area contributed by atoms with Crippen LogP contribution in [0.4, 0.5) is 0 Å². The summed E-state index contributed by atoms with van der Waals surface area (Å²) in [7, 11) is 0. The fraction of sp³-hybridized carbons (Fsp3) is 0.828. The first-order chi connectivity index (χ1) is 16.0. The molecule has 0 spiro atoms. The number of ether oxygens (including phenoxy) is 1. The number of hydrogen-bond acceptors (Lipinski definition) is 5. The van der Waals surface area contributed by atoms with E-state index < -0.39 is 18.3 Å². The molecular formula is C29H46O5. The lowest BCUT2D eigenvalue weighted by Gasteiger charge is -2.56. The third-order valence-corrected chi connectivity index (χ3v) is 10.1. The Bertz CT molecular complexity index is 845. The summed E-state index contributed by atoms with van der Waals surface area (Å²) in [6, 6.07) is 0. The van der Waals surface area contributed by atoms with E-state index in [1.807, 2.05) is 0 Å². The van der Waals surface area contributed by atoms with Crippen molar-refractivity contribution in [3.8, 4) is 0 Å². The van der Waals surface area contributed by atoms with Crippen molar-refractivity contribution in [2.45, 2.75) is 111 Å². The fourth-order valence-electron chi connectivity index (χ4n) is 8.24. The Hall–Kier alpha value is -1.17. The molecule has 4 rings (SSSR count). The van der Waals surface area contributed by atoms with Crippen molar-refractivity contribution >= 4 is 5.97 Å². The lowest BCUT2D eigenvalue weighted by Crippen LogP contribution is -2.52. The minimum absolute atomic E-state index is 0.00296. The van der Waals surface area contributed by atoms with Gasteiger partial charge in [0.2, 0.25) is 0 Å². The molecule has 5 heteroatoms. The van der Waals surface area contributed by atoms with E-state index in [2.05, 4.69) is 33.8 Å². The minimum atomic E-state index is -0.706. The van der Waals surface area contributed by atoms with E-state index in [0.29, 0.717) is 43.1 Å². The van der Waals surface area contributed by atoms with Gasteiger partial charge in [-0.15, -0.1) is 0 Å². The largest absolute Gasteiger partial charge is 0.466 e. The second-order valence-electron chi connectivity index (χ2n) is 12.5. The molecule has 0 radical (unpaired) electrons. The standard InChI is InChI=1S/C29H46O5/c1-17(16-34-19(3)30)7-6-8-18(2)22-11-12-23-21-10-9-20-13-24(31)25(32)14-28(20,4)27(21)26(33)15-29(22,23)5/h12,17-18,20,22,24-26,31-33H,6-11,13-16H2,1-5H3/t17?,18-,20?,22-,24-,25-,26+,28+,29-/m1/s1. The van der Waals surface area contributed by atoms with Gasteiger partial charge in [-0.25, -0.2) is 0 Å². The maximum Gasteiger partial charge on any atom is 0.302 e. The van der Waals surface area contributed by atoms with Crippen molar-refractivity contribution in [2.24, 2.45) is 34.5 Å². The highest BCUT2D eigenvalue weighted by Crippen LogP contribution is 2.64. The van der Waals surface area contributed by atoms with Gasteiger partial charge in [0.25, 0.3) is 0 Å². The van der Waals surface area contributed by atoms with Gasteiger partial charge in [-0.1, -0.05) is 46.6 Å². The lowest BCUT2D eigenvalue weighted by molar-refractivity contribution is -0.142. The highest BCUT2D eigenvalue weighted by molar-refractivity contribution is 5.65. The normalized spacial score (nSPS) is 41.2. The summed E-state index contributed by atoms with van der Waals surface area (Å²) < 4.78 is 5.16. The summed E-state index contributed by atoms with van der Waals surface area (Å²) >= 11 is 0. The molecule has 0 aromatic heterocycles. The molecular weight excluding hydrogens is 428 g/mol. The van der Waals surface area contributed by atoms with E-state index >= 15 is 0 Å². The van der Waals surface area contributed by atoms with Crippen LogP contribution in [-0.4, -0.2) is 46.2 Å². The summed E-state index contributed by atoms with van der Waals surface area (Å²) in [5, 5.41) is 32.3. The second kappa shape index (κ2) is 9.71. The zero-order valence-electron chi connectivity index (χ0n) is 21.8. The monoisotopic (exact) mass is 474 g/mol. The first kappa shape index (κ1) is 25.9. The van der Waals surface area contributed by atoms with Crippen LogP contribution in [0.15, 0.2) is 22.8 Å². The second-order valence-corrected chi connectivity index (χ2v) is 12.5. The van der Waals surface area contributed by atoms with Crippen molar-refractivity contribution in [1.29, 1.82) is 0 Å². The molecule has 0 aromatic carbocycles. The van der Waals surface area contributed by atoms with Crippen LogP contribution in [-0.2, 0) is 9.53 Å². The molecule has 0 amide bonds. The van der Waals surface area contributed by atoms with Gasteiger partial charge in [-0.2, -0.15) is 0 Å². The van der Waals surface area contributed by atoms with Crippen LogP contribution in [0.25, 0.3) is 0 Å². The molecule has 4 aliphatic carbocycles. The van der Waals surface area contributed by atoms with Gasteiger partial charge < -0.3 is 20.1 Å². The average Bonchev–Trinajstić information content (AvgIpc) is 3.09. The molecule has 0 aromatic rings. The number of allylic oxidation sites excluding steroid dienone is 3. The van der Waals surface area contributed by atoms with Gasteiger partial charge in [-0.05, 0) is 96.2 Å². The summed E-state index contributed by atoms with van der Waals surface area (Å²) in [5.41, 5.74) is 3.78. The molecule has 9 atom stereocenters. The van der Waals surface area contributed by atoms with Crippen LogP contribution in [0.5, 0.6) is 0 Å². The number of carbonyl (C=O) groups excluding carboxylic acids is 1. The lowest BCUT2D eigenvalue weighted by atomic mass is 9.50. The maximum absolute atomic E-state index is 11.6. The van der Waals surface area contributed by atoms with Gasteiger partial charge in [-0.3, -0.25) is 4.79 Å². The highest BCUT2D eigenvalue weighted by Gasteiger charge is 2.56. The van der Waals surface area contributed by atoms with E-state index in [4.69, 9.17) is 4.74 Å². The van der Waals surface area contributed by atoms with Gasteiger partial charge in [0.15, 0.2) is 0 Å². The van der Waals surface area contributed by atoms with Crippen molar-refractivity contribution in [3.05, 3.63) is 22.8 Å². The Balaban J connectivity index is 1.47. The molecule has 5 nitrogen and oxygen atoms in total. The zero-order valence-corrected chi connectivity index (χ0v) is 21.8. The molecule has 3 N–H and O–H groups in total. The van der Waals surface area contributed by atoms with Gasteiger partial charge in [0.05, 0.1) is 24.9 Å². The van der Waals surface area contributed by atoms with Crippen LogP contribution < -0.4 is 0 Å². The molecule has 4 aliphatic rings. The molecule has 0 aliphatic heterocycles. The fourth-order valence-corrected chi connectivity index (χ4v) is 8.24. The van der Waals surface area contributed by atoms with Crippen LogP contribution in [0.2, 0.25) is 0 Å². The first-order valence-electron chi connectivity index (χ1n) is 13.6. The van der Waals surface area contributed by atoms with E-state index in [9.17, 15) is 20.1 Å². The Morgan fingerprint density at radius 2 is 1.85 bits per heavy atom. The number of carbonyl (C=O) groups is 1. The van der Waals surface area contributed by atoms with Gasteiger partial charge in [0, 0.05) is 6.92 Å². The Morgan fingerprint density at radius 3 is 2.56 bits per heavy atom. The smallest absolute Gasteiger partial charge is 0.302 e. The SMILES string of the molecule is CC(=O)OCC(C)CCC[C@@H](C)[C@H]1CC=C2C3=C([C@@H](O)C[C@@]21C)[C@@]1(C)C[C@@H](O)[C@H](O)CC1CC3. The van der Waals surface area contributed by atoms with Crippen LogP contribution in [0.3, 0.4) is 0 Å². The predicted octanol–water partition coefficient (Wildman–Crippen LogP) is 4.94. The molecule has 1 saturated carbocycles. The van der Waals surface area contributed by atoms with Crippen molar-refractivity contribution in [3.63, 3.8) is 0 Å². The third-order valence-electron chi connectivity index (χ3n) is 10.1.